The van der Waals surface area contributed by atoms with Crippen molar-refractivity contribution in [3.05, 3.63) is 42.4 Å². The zero-order valence-corrected chi connectivity index (χ0v) is 21.3. The van der Waals surface area contributed by atoms with Crippen molar-refractivity contribution in [3.8, 4) is 16.5 Å². The lowest BCUT2D eigenvalue weighted by molar-refractivity contribution is 0.121. The van der Waals surface area contributed by atoms with Gasteiger partial charge in [-0.05, 0) is 42.0 Å². The lowest BCUT2D eigenvalue weighted by Crippen LogP contribution is -2.36. The van der Waals surface area contributed by atoms with Gasteiger partial charge in [0.05, 0.1) is 18.5 Å². The minimum absolute atomic E-state index is 0.0333. The number of rotatable bonds is 8. The minimum atomic E-state index is -3.35. The van der Waals surface area contributed by atoms with E-state index in [0.717, 1.165) is 47.4 Å². The van der Waals surface area contributed by atoms with Crippen LogP contribution in [0.2, 0.25) is 0 Å². The highest BCUT2D eigenvalue weighted by molar-refractivity contribution is 7.90. The van der Waals surface area contributed by atoms with Gasteiger partial charge in [-0.15, -0.1) is 5.10 Å². The first-order valence-electron chi connectivity index (χ1n) is 11.3. The maximum Gasteiger partial charge on any atom is 0.275 e. The highest BCUT2D eigenvalue weighted by atomic mass is 32.2. The van der Waals surface area contributed by atoms with Crippen LogP contribution in [0.15, 0.2) is 46.2 Å². The van der Waals surface area contributed by atoms with Gasteiger partial charge < -0.3 is 14.6 Å². The van der Waals surface area contributed by atoms with E-state index in [1.807, 2.05) is 12.1 Å². The molecule has 1 saturated heterocycles. The Bertz CT molecular complexity index is 1420. The van der Waals surface area contributed by atoms with Crippen molar-refractivity contribution >= 4 is 31.5 Å². The van der Waals surface area contributed by atoms with Crippen LogP contribution in [-0.4, -0.2) is 59.7 Å². The highest BCUT2D eigenvalue weighted by Gasteiger charge is 2.47. The summed E-state index contributed by atoms with van der Waals surface area (Å²) in [5, 5.41) is 11.6. The number of fused-ring (bicyclic) bond motifs is 1. The first-order valence-corrected chi connectivity index (χ1v) is 14.0. The molecule has 0 aromatic carbocycles. The third kappa shape index (κ3) is 4.65. The molecule has 35 heavy (non-hydrogen) atoms. The van der Waals surface area contributed by atoms with Crippen molar-refractivity contribution in [2.45, 2.75) is 31.2 Å². The average molecular weight is 515 g/mol. The first-order chi connectivity index (χ1) is 16.8. The summed E-state index contributed by atoms with van der Waals surface area (Å²) < 4.78 is 34.8. The number of ether oxygens (including phenoxy) is 1. The molecule has 0 aliphatic carbocycles. The van der Waals surface area contributed by atoms with Crippen LogP contribution in [0.3, 0.4) is 0 Å². The molecule has 184 valence electrons. The number of sulfone groups is 1. The molecule has 10 nitrogen and oxygen atoms in total. The Balaban J connectivity index is 1.30. The quantitative estimate of drug-likeness (QED) is 0.373. The van der Waals surface area contributed by atoms with Crippen molar-refractivity contribution in [1.82, 2.24) is 30.6 Å². The van der Waals surface area contributed by atoms with Gasteiger partial charge in [-0.1, -0.05) is 25.2 Å². The van der Waals surface area contributed by atoms with Crippen LogP contribution in [0.25, 0.3) is 21.6 Å². The summed E-state index contributed by atoms with van der Waals surface area (Å²) in [5.74, 6) is 1.39. The SMILES string of the molecule is CC(C)[C@@]1(CCOc2nc3ccc(-c4ccc(S(C)(=O)=O)nc4)nc3s2)CNCC1c1cnno1. The fraction of sp³-hybridized carbons (Fsp3) is 0.435. The smallest absolute Gasteiger partial charge is 0.275 e. The molecule has 0 bridgehead atoms. The molecule has 1 aliphatic heterocycles. The maximum absolute atomic E-state index is 11.7. The van der Waals surface area contributed by atoms with E-state index >= 15 is 0 Å². The number of nitrogens with one attached hydrogen (secondary N) is 1. The van der Waals surface area contributed by atoms with E-state index in [0.29, 0.717) is 23.4 Å². The van der Waals surface area contributed by atoms with Crippen molar-refractivity contribution < 1.29 is 17.7 Å². The lowest BCUT2D eigenvalue weighted by Gasteiger charge is -2.37. The molecule has 1 aliphatic rings. The Morgan fingerprint density at radius 2 is 2.09 bits per heavy atom. The highest BCUT2D eigenvalue weighted by Crippen LogP contribution is 2.47. The van der Waals surface area contributed by atoms with Crippen molar-refractivity contribution in [2.24, 2.45) is 11.3 Å². The Hall–Kier alpha value is -2.96. The second-order valence-corrected chi connectivity index (χ2v) is 12.1. The van der Waals surface area contributed by atoms with Gasteiger partial charge in [-0.2, -0.15) is 0 Å². The van der Waals surface area contributed by atoms with Gasteiger partial charge in [-0.3, -0.25) is 0 Å². The van der Waals surface area contributed by atoms with Crippen molar-refractivity contribution in [1.29, 1.82) is 0 Å². The number of aromatic nitrogens is 5. The van der Waals surface area contributed by atoms with E-state index in [9.17, 15) is 8.42 Å². The van der Waals surface area contributed by atoms with Crippen LogP contribution >= 0.6 is 11.3 Å². The van der Waals surface area contributed by atoms with Gasteiger partial charge in [0.25, 0.3) is 5.19 Å². The number of pyridine rings is 2. The number of hydrogen-bond acceptors (Lipinski definition) is 11. The Kier molecular flexibility index (Phi) is 6.28. The summed E-state index contributed by atoms with van der Waals surface area (Å²) in [4.78, 5) is 14.1. The summed E-state index contributed by atoms with van der Waals surface area (Å²) in [5.41, 5.74) is 2.14. The lowest BCUT2D eigenvalue weighted by atomic mass is 9.67. The molecular weight excluding hydrogens is 488 g/mol. The van der Waals surface area contributed by atoms with Gasteiger partial charge in [-0.25, -0.2) is 23.4 Å². The standard InChI is InChI=1S/C23H26N6O4S2/c1-14(2)23(13-24-11-16(23)19-12-26-29-33-19)8-9-32-22-28-18-6-5-17(27-21(18)34-22)15-4-7-20(25-10-15)35(3,30)31/h4-7,10,12,14,16,24H,8-9,11,13H2,1-3H3/t16?,23-/m1/s1. The summed E-state index contributed by atoms with van der Waals surface area (Å²) >= 11 is 1.39. The Morgan fingerprint density at radius 1 is 1.23 bits per heavy atom. The van der Waals surface area contributed by atoms with E-state index in [-0.39, 0.29) is 16.4 Å². The van der Waals surface area contributed by atoms with E-state index in [1.54, 1.807) is 12.3 Å². The van der Waals surface area contributed by atoms with Gasteiger partial charge in [0.15, 0.2) is 20.6 Å². The number of nitrogens with zero attached hydrogens (tertiary/aromatic N) is 5. The van der Waals surface area contributed by atoms with Gasteiger partial charge in [0.1, 0.15) is 10.3 Å². The maximum atomic E-state index is 11.7. The third-order valence-electron chi connectivity index (χ3n) is 6.81. The minimum Gasteiger partial charge on any atom is -0.470 e. The first kappa shape index (κ1) is 23.8. The van der Waals surface area contributed by atoms with Crippen LogP contribution in [-0.2, 0) is 9.84 Å². The van der Waals surface area contributed by atoms with Crippen LogP contribution < -0.4 is 10.1 Å². The molecule has 0 spiro atoms. The molecule has 1 fully saturated rings. The van der Waals surface area contributed by atoms with Crippen LogP contribution in [0.5, 0.6) is 5.19 Å². The van der Waals surface area contributed by atoms with Crippen LogP contribution in [0.4, 0.5) is 0 Å². The molecule has 12 heteroatoms. The topological polar surface area (TPSA) is 133 Å². The predicted molar refractivity (Wildman–Crippen MR) is 131 cm³/mol. The Labute approximate surface area is 207 Å². The molecule has 5 heterocycles. The van der Waals surface area contributed by atoms with Gasteiger partial charge in [0.2, 0.25) is 0 Å². The third-order valence-corrected chi connectivity index (χ3v) is 8.69. The second kappa shape index (κ2) is 9.25. The number of hydrogen-bond donors (Lipinski definition) is 1. The molecule has 1 unspecified atom stereocenters. The van der Waals surface area contributed by atoms with Crippen molar-refractivity contribution in [3.63, 3.8) is 0 Å². The Morgan fingerprint density at radius 3 is 2.77 bits per heavy atom. The summed E-state index contributed by atoms with van der Waals surface area (Å²) in [6, 6.07) is 6.92. The van der Waals surface area contributed by atoms with E-state index in [1.165, 1.54) is 23.6 Å². The molecule has 0 amide bonds. The molecule has 2 atom stereocenters. The van der Waals surface area contributed by atoms with E-state index in [4.69, 9.17) is 9.26 Å². The molecule has 4 aromatic rings. The average Bonchev–Trinajstić information content (AvgIpc) is 3.57. The zero-order chi connectivity index (χ0) is 24.6. The molecule has 0 saturated carbocycles. The second-order valence-electron chi connectivity index (χ2n) is 9.15. The summed E-state index contributed by atoms with van der Waals surface area (Å²) in [6.07, 6.45) is 5.19. The predicted octanol–water partition coefficient (Wildman–Crippen LogP) is 3.34. The number of thiazole rings is 1. The van der Waals surface area contributed by atoms with E-state index < -0.39 is 9.84 Å². The zero-order valence-electron chi connectivity index (χ0n) is 19.6. The summed E-state index contributed by atoms with van der Waals surface area (Å²) in [6.45, 7) is 6.66. The molecule has 5 rings (SSSR count). The van der Waals surface area contributed by atoms with Gasteiger partial charge >= 0.3 is 0 Å². The van der Waals surface area contributed by atoms with Crippen molar-refractivity contribution in [2.75, 3.05) is 26.0 Å². The molecule has 0 radical (unpaired) electrons. The normalized spacial score (nSPS) is 20.6. The van der Waals surface area contributed by atoms with Gasteiger partial charge in [0, 0.05) is 42.3 Å². The largest absolute Gasteiger partial charge is 0.470 e. The van der Waals surface area contributed by atoms with Crippen LogP contribution in [0.1, 0.15) is 31.9 Å². The van der Waals surface area contributed by atoms with E-state index in [2.05, 4.69) is 44.5 Å². The molecular formula is C23H26N6O4S2. The monoisotopic (exact) mass is 514 g/mol. The molecule has 4 aromatic heterocycles. The fourth-order valence-corrected chi connectivity index (χ4v) is 6.12. The molecule has 1 N–H and O–H groups in total. The summed E-state index contributed by atoms with van der Waals surface area (Å²) in [7, 11) is -3.35. The van der Waals surface area contributed by atoms with Crippen LogP contribution in [0, 0.1) is 11.3 Å². The fourth-order valence-electron chi connectivity index (χ4n) is 4.74.